The molecule has 0 fully saturated rings. The van der Waals surface area contributed by atoms with Gasteiger partial charge in [-0.2, -0.15) is 13.2 Å². The summed E-state index contributed by atoms with van der Waals surface area (Å²) in [6.07, 6.45) is -3.06. The molecule has 0 spiro atoms. The Bertz CT molecular complexity index is 813. The van der Waals surface area contributed by atoms with E-state index in [-0.39, 0.29) is 18.4 Å². The molecule has 0 aliphatic carbocycles. The van der Waals surface area contributed by atoms with Gasteiger partial charge in [-0.1, -0.05) is 6.07 Å². The van der Waals surface area contributed by atoms with Crippen LogP contribution in [0.15, 0.2) is 41.5 Å². The third-order valence-corrected chi connectivity index (χ3v) is 3.54. The van der Waals surface area contributed by atoms with Crippen molar-refractivity contribution >= 4 is 5.96 Å². The van der Waals surface area contributed by atoms with Gasteiger partial charge in [0.25, 0.3) is 0 Å². The largest absolute Gasteiger partial charge is 0.493 e. The summed E-state index contributed by atoms with van der Waals surface area (Å²) in [6.45, 7) is -0.826. The Kier molecular flexibility index (Phi) is 7.30. The first-order chi connectivity index (χ1) is 13.3. The summed E-state index contributed by atoms with van der Waals surface area (Å²) in [5, 5.41) is 2.89. The highest BCUT2D eigenvalue weighted by Gasteiger charge is 2.28. The van der Waals surface area contributed by atoms with Gasteiger partial charge in [0.15, 0.2) is 24.1 Å². The monoisotopic (exact) mass is 398 g/mol. The summed E-state index contributed by atoms with van der Waals surface area (Å²) in [5.41, 5.74) is 7.36. The molecular weight excluding hydrogens is 377 g/mol. The molecule has 0 saturated carbocycles. The van der Waals surface area contributed by atoms with E-state index >= 15 is 0 Å². The maximum Gasteiger partial charge on any atom is 0.422 e. The van der Waals surface area contributed by atoms with Crippen molar-refractivity contribution in [1.29, 1.82) is 0 Å². The van der Waals surface area contributed by atoms with Crippen molar-refractivity contribution in [2.45, 2.75) is 19.3 Å². The average Bonchev–Trinajstić information content (AvgIpc) is 2.68. The number of pyridine rings is 1. The zero-order valence-corrected chi connectivity index (χ0v) is 15.4. The number of benzene rings is 1. The maximum atomic E-state index is 12.2. The van der Waals surface area contributed by atoms with E-state index in [1.807, 2.05) is 6.07 Å². The number of nitrogens with zero attached hydrogens (tertiary/aromatic N) is 2. The van der Waals surface area contributed by atoms with Crippen LogP contribution in [0.25, 0.3) is 0 Å². The van der Waals surface area contributed by atoms with Gasteiger partial charge < -0.3 is 25.3 Å². The highest BCUT2D eigenvalue weighted by Crippen LogP contribution is 2.27. The standard InChI is InChI=1S/C18H21F3N4O3/c1-26-14-4-3-12(7-15(14)27-2)9-24-17(22)25-10-13-5-6-23-16(8-13)28-11-18(19,20)21/h3-8H,9-11H2,1-2H3,(H3,22,24,25). The normalized spacial score (nSPS) is 11.8. The molecule has 0 bridgehead atoms. The molecule has 0 atom stereocenters. The highest BCUT2D eigenvalue weighted by atomic mass is 19.4. The number of aliphatic imine (C=N–C) groups is 1. The van der Waals surface area contributed by atoms with E-state index in [1.165, 1.54) is 12.3 Å². The number of alkyl halides is 3. The highest BCUT2D eigenvalue weighted by molar-refractivity contribution is 5.77. The molecule has 2 aromatic rings. The third-order valence-electron chi connectivity index (χ3n) is 3.54. The van der Waals surface area contributed by atoms with Crippen LogP contribution >= 0.6 is 0 Å². The van der Waals surface area contributed by atoms with Gasteiger partial charge >= 0.3 is 6.18 Å². The van der Waals surface area contributed by atoms with Crippen LogP contribution in [0.5, 0.6) is 17.4 Å². The van der Waals surface area contributed by atoms with E-state index < -0.39 is 12.8 Å². The molecule has 1 aromatic heterocycles. The Hall–Kier alpha value is -3.17. The summed E-state index contributed by atoms with van der Waals surface area (Å²) in [5.74, 6) is 1.27. The summed E-state index contributed by atoms with van der Waals surface area (Å²) in [7, 11) is 3.10. The fourth-order valence-corrected chi connectivity index (χ4v) is 2.20. The second kappa shape index (κ2) is 9.67. The number of rotatable bonds is 8. The minimum absolute atomic E-state index is 0.113. The van der Waals surface area contributed by atoms with E-state index in [1.54, 1.807) is 32.4 Å². The van der Waals surface area contributed by atoms with Gasteiger partial charge in [-0.25, -0.2) is 9.98 Å². The molecule has 0 saturated heterocycles. The number of nitrogens with two attached hydrogens (primary N) is 1. The van der Waals surface area contributed by atoms with Crippen molar-refractivity contribution in [2.75, 3.05) is 20.8 Å². The Morgan fingerprint density at radius 2 is 1.86 bits per heavy atom. The van der Waals surface area contributed by atoms with Gasteiger partial charge in [-0.05, 0) is 29.3 Å². The summed E-state index contributed by atoms with van der Waals surface area (Å²) in [4.78, 5) is 7.97. The molecule has 10 heteroatoms. The van der Waals surface area contributed by atoms with Crippen molar-refractivity contribution < 1.29 is 27.4 Å². The number of halogens is 3. The number of hydrogen-bond donors (Lipinski definition) is 2. The maximum absolute atomic E-state index is 12.2. The minimum atomic E-state index is -4.42. The predicted octanol–water partition coefficient (Wildman–Crippen LogP) is 2.64. The number of nitrogens with one attached hydrogen (secondary N) is 1. The van der Waals surface area contributed by atoms with Gasteiger partial charge in [0.2, 0.25) is 5.88 Å². The Labute approximate surface area is 160 Å². The molecule has 0 unspecified atom stereocenters. The number of guanidine groups is 1. The zero-order chi connectivity index (χ0) is 20.6. The van der Waals surface area contributed by atoms with Crippen LogP contribution in [0.3, 0.4) is 0 Å². The van der Waals surface area contributed by atoms with Crippen LogP contribution in [-0.4, -0.2) is 37.9 Å². The lowest BCUT2D eigenvalue weighted by atomic mass is 10.2. The lowest BCUT2D eigenvalue weighted by Gasteiger charge is -2.10. The van der Waals surface area contributed by atoms with Crippen LogP contribution in [0, 0.1) is 0 Å². The van der Waals surface area contributed by atoms with E-state index in [9.17, 15) is 13.2 Å². The summed E-state index contributed by atoms with van der Waals surface area (Å²) >= 11 is 0. The second-order valence-corrected chi connectivity index (χ2v) is 5.65. The van der Waals surface area contributed by atoms with Gasteiger partial charge in [0, 0.05) is 18.8 Å². The molecule has 0 amide bonds. The lowest BCUT2D eigenvalue weighted by molar-refractivity contribution is -0.154. The van der Waals surface area contributed by atoms with Crippen molar-refractivity contribution in [2.24, 2.45) is 10.7 Å². The van der Waals surface area contributed by atoms with E-state index in [2.05, 4.69) is 20.0 Å². The molecular formula is C18H21F3N4O3. The Morgan fingerprint density at radius 3 is 2.54 bits per heavy atom. The molecule has 7 nitrogen and oxygen atoms in total. The fraction of sp³-hybridized carbons (Fsp3) is 0.333. The summed E-state index contributed by atoms with van der Waals surface area (Å²) < 4.78 is 51.6. The van der Waals surface area contributed by atoms with Crippen molar-refractivity contribution in [3.63, 3.8) is 0 Å². The molecule has 3 N–H and O–H groups in total. The molecule has 152 valence electrons. The number of ether oxygens (including phenoxy) is 3. The van der Waals surface area contributed by atoms with Crippen LogP contribution in [0.2, 0.25) is 0 Å². The molecule has 2 rings (SSSR count). The topological polar surface area (TPSA) is 91.0 Å². The summed E-state index contributed by atoms with van der Waals surface area (Å²) in [6, 6.07) is 8.44. The van der Waals surface area contributed by atoms with Crippen molar-refractivity contribution in [3.05, 3.63) is 47.7 Å². The first kappa shape index (κ1) is 21.1. The Balaban J connectivity index is 1.90. The van der Waals surface area contributed by atoms with Crippen molar-refractivity contribution in [1.82, 2.24) is 10.3 Å². The minimum Gasteiger partial charge on any atom is -0.493 e. The molecule has 28 heavy (non-hydrogen) atoms. The van der Waals surface area contributed by atoms with Crippen molar-refractivity contribution in [3.8, 4) is 17.4 Å². The van der Waals surface area contributed by atoms with Gasteiger partial charge in [-0.3, -0.25) is 0 Å². The molecule has 0 aliphatic heterocycles. The van der Waals surface area contributed by atoms with E-state index in [4.69, 9.17) is 15.2 Å². The van der Waals surface area contributed by atoms with Crippen LogP contribution in [-0.2, 0) is 13.1 Å². The first-order valence-electron chi connectivity index (χ1n) is 8.20. The average molecular weight is 398 g/mol. The van der Waals surface area contributed by atoms with Crippen LogP contribution in [0.4, 0.5) is 13.2 Å². The molecule has 0 aliphatic rings. The van der Waals surface area contributed by atoms with Gasteiger partial charge in [0.05, 0.1) is 20.8 Å². The molecule has 0 radical (unpaired) electrons. The van der Waals surface area contributed by atoms with E-state index in [0.717, 1.165) is 5.56 Å². The van der Waals surface area contributed by atoms with Gasteiger partial charge in [0.1, 0.15) is 0 Å². The second-order valence-electron chi connectivity index (χ2n) is 5.65. The van der Waals surface area contributed by atoms with E-state index in [0.29, 0.717) is 23.6 Å². The number of hydrogen-bond acceptors (Lipinski definition) is 5. The van der Waals surface area contributed by atoms with Crippen LogP contribution < -0.4 is 25.3 Å². The van der Waals surface area contributed by atoms with Gasteiger partial charge in [-0.15, -0.1) is 0 Å². The SMILES string of the molecule is COc1ccc(CN=C(N)NCc2ccnc(OCC(F)(F)F)c2)cc1OC. The van der Waals surface area contributed by atoms with Crippen LogP contribution in [0.1, 0.15) is 11.1 Å². The fourth-order valence-electron chi connectivity index (χ4n) is 2.20. The Morgan fingerprint density at radius 1 is 1.11 bits per heavy atom. The zero-order valence-electron chi connectivity index (χ0n) is 15.4. The quantitative estimate of drug-likeness (QED) is 0.525. The first-order valence-corrected chi connectivity index (χ1v) is 8.20. The number of aromatic nitrogens is 1. The predicted molar refractivity (Wildman–Crippen MR) is 97.5 cm³/mol. The molecule has 1 heterocycles. The molecule has 1 aromatic carbocycles. The number of methoxy groups -OCH3 is 2. The lowest BCUT2D eigenvalue weighted by Crippen LogP contribution is -2.31. The third kappa shape index (κ3) is 6.86. The smallest absolute Gasteiger partial charge is 0.422 e.